The van der Waals surface area contributed by atoms with E-state index >= 15 is 0 Å². The molecule has 5 heteroatoms. The van der Waals surface area contributed by atoms with E-state index in [1.54, 1.807) is 25.8 Å². The summed E-state index contributed by atoms with van der Waals surface area (Å²) in [5.41, 5.74) is -0.837. The third kappa shape index (κ3) is 3.26. The lowest BCUT2D eigenvalue weighted by Gasteiger charge is -2.26. The van der Waals surface area contributed by atoms with Crippen LogP contribution in [0.15, 0.2) is 12.4 Å². The maximum Gasteiger partial charge on any atom is 0.218 e. The van der Waals surface area contributed by atoms with Crippen molar-refractivity contribution in [3.63, 3.8) is 0 Å². The van der Waals surface area contributed by atoms with Crippen LogP contribution in [0.1, 0.15) is 13.8 Å². The zero-order chi connectivity index (χ0) is 10.8. The molecule has 0 aliphatic carbocycles. The maximum atomic E-state index is 12.7. The molecule has 0 saturated carbocycles. The summed E-state index contributed by atoms with van der Waals surface area (Å²) >= 11 is 0. The van der Waals surface area contributed by atoms with Crippen LogP contribution in [-0.4, -0.2) is 34.3 Å². The Balaban J connectivity index is 2.74. The summed E-state index contributed by atoms with van der Waals surface area (Å²) in [7, 11) is 1.74. The predicted octanol–water partition coefficient (Wildman–Crippen LogP) is 0.823. The van der Waals surface area contributed by atoms with Crippen LogP contribution in [0.2, 0.25) is 0 Å². The maximum absolute atomic E-state index is 12.7. The highest BCUT2D eigenvalue weighted by atomic mass is 19.1. The molecule has 0 saturated heterocycles. The normalized spacial score (nSPS) is 11.5. The Morgan fingerprint density at radius 3 is 2.64 bits per heavy atom. The van der Waals surface area contributed by atoms with Gasteiger partial charge < -0.3 is 10.0 Å². The molecule has 0 spiro atoms. The third-order valence-electron chi connectivity index (χ3n) is 1.63. The average Bonchev–Trinajstić information content (AvgIpc) is 2.01. The summed E-state index contributed by atoms with van der Waals surface area (Å²) in [6, 6.07) is 1.23. The van der Waals surface area contributed by atoms with Crippen molar-refractivity contribution in [2.45, 2.75) is 19.4 Å². The SMILES string of the molecule is CN(CC(C)(C)O)c1cc(F)ncn1. The van der Waals surface area contributed by atoms with Crippen molar-refractivity contribution in [3.8, 4) is 0 Å². The van der Waals surface area contributed by atoms with Gasteiger partial charge in [0.15, 0.2) is 0 Å². The lowest BCUT2D eigenvalue weighted by molar-refractivity contribution is 0.0884. The fraction of sp³-hybridized carbons (Fsp3) is 0.556. The van der Waals surface area contributed by atoms with E-state index in [9.17, 15) is 9.50 Å². The monoisotopic (exact) mass is 199 g/mol. The Morgan fingerprint density at radius 2 is 2.14 bits per heavy atom. The number of likely N-dealkylation sites (N-methyl/N-ethyl adjacent to an activating group) is 1. The van der Waals surface area contributed by atoms with E-state index in [1.165, 1.54) is 6.07 Å². The van der Waals surface area contributed by atoms with Gasteiger partial charge in [-0.15, -0.1) is 0 Å². The van der Waals surface area contributed by atoms with Crippen molar-refractivity contribution in [2.24, 2.45) is 0 Å². The van der Waals surface area contributed by atoms with Gasteiger partial charge in [0.1, 0.15) is 12.1 Å². The Morgan fingerprint density at radius 1 is 1.50 bits per heavy atom. The second kappa shape index (κ2) is 3.88. The van der Waals surface area contributed by atoms with Crippen molar-refractivity contribution in [1.29, 1.82) is 0 Å². The van der Waals surface area contributed by atoms with Gasteiger partial charge in [-0.1, -0.05) is 0 Å². The van der Waals surface area contributed by atoms with Gasteiger partial charge in [-0.25, -0.2) is 9.97 Å². The molecule has 0 aliphatic heterocycles. The highest BCUT2D eigenvalue weighted by molar-refractivity contribution is 5.35. The van der Waals surface area contributed by atoms with Gasteiger partial charge in [0.25, 0.3) is 0 Å². The van der Waals surface area contributed by atoms with Gasteiger partial charge in [-0.2, -0.15) is 4.39 Å². The van der Waals surface area contributed by atoms with Gasteiger partial charge in [0.05, 0.1) is 5.60 Å². The van der Waals surface area contributed by atoms with Gasteiger partial charge in [0, 0.05) is 19.7 Å². The zero-order valence-electron chi connectivity index (χ0n) is 8.53. The standard InChI is InChI=1S/C9H14FN3O/c1-9(2,14)5-13(3)8-4-7(10)11-6-12-8/h4,6,14H,5H2,1-3H3. The average molecular weight is 199 g/mol. The first-order valence-electron chi connectivity index (χ1n) is 4.29. The number of anilines is 1. The van der Waals surface area contributed by atoms with E-state index in [0.29, 0.717) is 12.4 Å². The third-order valence-corrected chi connectivity index (χ3v) is 1.63. The zero-order valence-corrected chi connectivity index (χ0v) is 8.53. The Kier molecular flexibility index (Phi) is 3.00. The summed E-state index contributed by atoms with van der Waals surface area (Å²) in [5, 5.41) is 9.54. The van der Waals surface area contributed by atoms with E-state index in [2.05, 4.69) is 9.97 Å². The van der Waals surface area contributed by atoms with E-state index in [-0.39, 0.29) is 0 Å². The molecule has 1 N–H and O–H groups in total. The van der Waals surface area contributed by atoms with E-state index in [4.69, 9.17) is 0 Å². The first kappa shape index (κ1) is 10.8. The van der Waals surface area contributed by atoms with Crippen LogP contribution < -0.4 is 4.90 Å². The van der Waals surface area contributed by atoms with Crippen LogP contribution in [-0.2, 0) is 0 Å². The minimum absolute atomic E-state index is 0.378. The smallest absolute Gasteiger partial charge is 0.218 e. The van der Waals surface area contributed by atoms with Crippen molar-refractivity contribution >= 4 is 5.82 Å². The fourth-order valence-corrected chi connectivity index (χ4v) is 1.19. The Hall–Kier alpha value is -1.23. The van der Waals surface area contributed by atoms with E-state index in [0.717, 1.165) is 6.33 Å². The molecule has 0 unspecified atom stereocenters. The molecule has 0 fully saturated rings. The molecule has 0 aliphatic rings. The molecule has 1 aromatic rings. The van der Waals surface area contributed by atoms with Crippen LogP contribution >= 0.6 is 0 Å². The lowest BCUT2D eigenvalue weighted by atomic mass is 10.1. The highest BCUT2D eigenvalue weighted by Crippen LogP contribution is 2.12. The first-order valence-corrected chi connectivity index (χ1v) is 4.29. The van der Waals surface area contributed by atoms with Crippen LogP contribution in [0.4, 0.5) is 10.2 Å². The number of rotatable bonds is 3. The molecule has 78 valence electrons. The van der Waals surface area contributed by atoms with Crippen LogP contribution in [0.25, 0.3) is 0 Å². The molecule has 1 heterocycles. The number of hydrogen-bond acceptors (Lipinski definition) is 4. The fourth-order valence-electron chi connectivity index (χ4n) is 1.19. The summed E-state index contributed by atoms with van der Waals surface area (Å²) < 4.78 is 12.7. The molecule has 1 rings (SSSR count). The van der Waals surface area contributed by atoms with E-state index in [1.807, 2.05) is 0 Å². The predicted molar refractivity (Wildman–Crippen MR) is 51.6 cm³/mol. The Bertz CT molecular complexity index is 311. The van der Waals surface area contributed by atoms with Gasteiger partial charge in [-0.3, -0.25) is 0 Å². The van der Waals surface area contributed by atoms with Crippen molar-refractivity contribution < 1.29 is 9.50 Å². The van der Waals surface area contributed by atoms with Gasteiger partial charge in [-0.05, 0) is 13.8 Å². The second-order valence-corrected chi connectivity index (χ2v) is 3.87. The van der Waals surface area contributed by atoms with E-state index < -0.39 is 11.5 Å². The van der Waals surface area contributed by atoms with Crippen molar-refractivity contribution in [2.75, 3.05) is 18.5 Å². The summed E-state index contributed by atoms with van der Waals surface area (Å²) in [6.07, 6.45) is 1.16. The number of aliphatic hydroxyl groups is 1. The molecular weight excluding hydrogens is 185 g/mol. The van der Waals surface area contributed by atoms with Gasteiger partial charge in [0.2, 0.25) is 5.95 Å². The summed E-state index contributed by atoms with van der Waals surface area (Å²) in [5.74, 6) is -0.114. The van der Waals surface area contributed by atoms with Crippen LogP contribution in [0, 0.1) is 5.95 Å². The second-order valence-electron chi connectivity index (χ2n) is 3.87. The van der Waals surface area contributed by atoms with Crippen molar-refractivity contribution in [3.05, 3.63) is 18.3 Å². The number of halogens is 1. The van der Waals surface area contributed by atoms with Crippen LogP contribution in [0.5, 0.6) is 0 Å². The molecule has 0 radical (unpaired) electrons. The molecule has 0 amide bonds. The first-order chi connectivity index (χ1) is 6.38. The molecule has 14 heavy (non-hydrogen) atoms. The van der Waals surface area contributed by atoms with Crippen molar-refractivity contribution in [1.82, 2.24) is 9.97 Å². The molecular formula is C9H14FN3O. The number of nitrogens with zero attached hydrogens (tertiary/aromatic N) is 3. The van der Waals surface area contributed by atoms with Gasteiger partial charge >= 0.3 is 0 Å². The number of hydrogen-bond donors (Lipinski definition) is 1. The minimum atomic E-state index is -0.837. The number of aromatic nitrogens is 2. The highest BCUT2D eigenvalue weighted by Gasteiger charge is 2.16. The minimum Gasteiger partial charge on any atom is -0.389 e. The largest absolute Gasteiger partial charge is 0.389 e. The lowest BCUT2D eigenvalue weighted by Crippen LogP contribution is -2.36. The molecule has 0 bridgehead atoms. The Labute approximate surface area is 82.4 Å². The quantitative estimate of drug-likeness (QED) is 0.732. The molecule has 4 nitrogen and oxygen atoms in total. The van der Waals surface area contributed by atoms with Crippen LogP contribution in [0.3, 0.4) is 0 Å². The summed E-state index contributed by atoms with van der Waals surface area (Å²) in [4.78, 5) is 8.91. The molecule has 1 aromatic heterocycles. The topological polar surface area (TPSA) is 49.2 Å². The molecule has 0 aromatic carbocycles. The summed E-state index contributed by atoms with van der Waals surface area (Å²) in [6.45, 7) is 3.74. The molecule has 0 atom stereocenters.